The van der Waals surface area contributed by atoms with Gasteiger partial charge in [0.15, 0.2) is 5.96 Å². The molecule has 0 radical (unpaired) electrons. The largest absolute Gasteiger partial charge is 0.356 e. The van der Waals surface area contributed by atoms with Crippen molar-refractivity contribution in [2.45, 2.75) is 19.8 Å². The second kappa shape index (κ2) is 7.47. The number of aromatic nitrogens is 1. The van der Waals surface area contributed by atoms with Gasteiger partial charge in [-0.05, 0) is 25.5 Å². The van der Waals surface area contributed by atoms with E-state index in [4.69, 9.17) is 0 Å². The fraction of sp³-hybridized carbons (Fsp3) is 0.500. The third kappa shape index (κ3) is 4.89. The molecule has 2 N–H and O–H groups in total. The summed E-state index contributed by atoms with van der Waals surface area (Å²) in [6.07, 6.45) is 2.06. The van der Waals surface area contributed by atoms with E-state index in [9.17, 15) is 0 Å². The lowest BCUT2D eigenvalue weighted by Gasteiger charge is -2.15. The quantitative estimate of drug-likeness (QED) is 0.816. The number of nitrogens with zero attached hydrogens (tertiary/aromatic N) is 2. The van der Waals surface area contributed by atoms with Gasteiger partial charge in [0.2, 0.25) is 0 Å². The topological polar surface area (TPSA) is 49.3 Å². The van der Waals surface area contributed by atoms with E-state index < -0.39 is 0 Å². The molecule has 17 heavy (non-hydrogen) atoms. The lowest BCUT2D eigenvalue weighted by atomic mass is 10.2. The number of aryl methyl sites for hydroxylation is 1. The Labute approximate surface area is 119 Å². The van der Waals surface area contributed by atoms with Crippen LogP contribution in [0.15, 0.2) is 23.2 Å². The zero-order chi connectivity index (χ0) is 11.2. The van der Waals surface area contributed by atoms with Gasteiger partial charge in [0.25, 0.3) is 0 Å². The van der Waals surface area contributed by atoms with Crippen LogP contribution in [-0.4, -0.2) is 30.6 Å². The van der Waals surface area contributed by atoms with Gasteiger partial charge >= 0.3 is 0 Å². The van der Waals surface area contributed by atoms with Gasteiger partial charge in [-0.1, -0.05) is 6.07 Å². The summed E-state index contributed by atoms with van der Waals surface area (Å²) in [5.74, 6) is 0.930. The summed E-state index contributed by atoms with van der Waals surface area (Å²) in [6, 6.07) is 6.13. The second-order valence-electron chi connectivity index (χ2n) is 3.96. The van der Waals surface area contributed by atoms with E-state index in [1.165, 1.54) is 0 Å². The summed E-state index contributed by atoms with van der Waals surface area (Å²) >= 11 is 0. The molecule has 0 aliphatic carbocycles. The highest BCUT2D eigenvalue weighted by atomic mass is 127. The van der Waals surface area contributed by atoms with Crippen LogP contribution < -0.4 is 10.6 Å². The third-order valence-corrected chi connectivity index (χ3v) is 2.52. The molecule has 0 unspecified atom stereocenters. The summed E-state index contributed by atoms with van der Waals surface area (Å²) in [6.45, 7) is 4.85. The van der Waals surface area contributed by atoms with Gasteiger partial charge in [0.05, 0.1) is 0 Å². The lowest BCUT2D eigenvalue weighted by molar-refractivity contribution is 0.698. The first-order valence-corrected chi connectivity index (χ1v) is 5.79. The maximum absolute atomic E-state index is 4.46. The van der Waals surface area contributed by atoms with Crippen LogP contribution in [0.3, 0.4) is 0 Å². The van der Waals surface area contributed by atoms with Gasteiger partial charge < -0.3 is 10.6 Å². The Bertz CT molecular complexity index is 379. The molecule has 5 heteroatoms. The van der Waals surface area contributed by atoms with E-state index >= 15 is 0 Å². The molecule has 1 aliphatic rings. The van der Waals surface area contributed by atoms with Crippen LogP contribution in [0.4, 0.5) is 0 Å². The Morgan fingerprint density at radius 3 is 3.00 bits per heavy atom. The van der Waals surface area contributed by atoms with Crippen LogP contribution in [0.5, 0.6) is 0 Å². The number of halogens is 1. The second-order valence-corrected chi connectivity index (χ2v) is 3.96. The summed E-state index contributed by atoms with van der Waals surface area (Å²) in [5, 5.41) is 6.52. The van der Waals surface area contributed by atoms with E-state index in [-0.39, 0.29) is 24.0 Å². The Balaban J connectivity index is 0.00000144. The zero-order valence-electron chi connectivity index (χ0n) is 10.1. The average Bonchev–Trinajstić information content (AvgIpc) is 2.30. The summed E-state index contributed by atoms with van der Waals surface area (Å²) < 4.78 is 0. The molecule has 2 rings (SSSR count). The van der Waals surface area contributed by atoms with Crippen LogP contribution in [0.2, 0.25) is 0 Å². The maximum Gasteiger partial charge on any atom is 0.191 e. The van der Waals surface area contributed by atoms with Gasteiger partial charge in [0, 0.05) is 37.4 Å². The minimum Gasteiger partial charge on any atom is -0.356 e. The van der Waals surface area contributed by atoms with Crippen molar-refractivity contribution in [1.29, 1.82) is 0 Å². The van der Waals surface area contributed by atoms with Crippen molar-refractivity contribution in [1.82, 2.24) is 15.6 Å². The number of aliphatic imine (C=N–C) groups is 1. The molecule has 1 aromatic heterocycles. The van der Waals surface area contributed by atoms with Gasteiger partial charge in [-0.25, -0.2) is 0 Å². The molecule has 0 atom stereocenters. The van der Waals surface area contributed by atoms with Crippen molar-refractivity contribution in [2.75, 3.05) is 19.6 Å². The number of nitrogens with one attached hydrogen (secondary N) is 2. The number of hydrogen-bond donors (Lipinski definition) is 2. The highest BCUT2D eigenvalue weighted by Gasteiger charge is 2.02. The molecule has 1 aliphatic heterocycles. The molecule has 0 amide bonds. The first kappa shape index (κ1) is 14.2. The minimum absolute atomic E-state index is 0. The van der Waals surface area contributed by atoms with Crippen molar-refractivity contribution in [3.63, 3.8) is 0 Å². The molecule has 0 spiro atoms. The highest BCUT2D eigenvalue weighted by Crippen LogP contribution is 1.98. The standard InChI is InChI=1S/C12H18N4.HI/c1-10-4-2-5-11(16-10)6-9-15-12-13-7-3-8-14-12;/h2,4-5H,3,6-9H2,1H3,(H2,13,14,15);1H. The predicted molar refractivity (Wildman–Crippen MR) is 81.0 cm³/mol. The molecule has 4 nitrogen and oxygen atoms in total. The van der Waals surface area contributed by atoms with Crippen LogP contribution >= 0.6 is 24.0 Å². The average molecular weight is 346 g/mol. The number of rotatable bonds is 3. The first-order valence-electron chi connectivity index (χ1n) is 5.79. The van der Waals surface area contributed by atoms with Crippen molar-refractivity contribution in [3.8, 4) is 0 Å². The zero-order valence-corrected chi connectivity index (χ0v) is 12.4. The minimum atomic E-state index is 0. The monoisotopic (exact) mass is 346 g/mol. The van der Waals surface area contributed by atoms with E-state index in [1.54, 1.807) is 0 Å². The summed E-state index contributed by atoms with van der Waals surface area (Å²) in [7, 11) is 0. The molecule has 0 aromatic carbocycles. The lowest BCUT2D eigenvalue weighted by Crippen LogP contribution is -2.41. The fourth-order valence-electron chi connectivity index (χ4n) is 1.70. The first-order chi connectivity index (χ1) is 7.84. The predicted octanol–water partition coefficient (Wildman–Crippen LogP) is 1.49. The van der Waals surface area contributed by atoms with Gasteiger partial charge in [0.1, 0.15) is 0 Å². The molecule has 1 aromatic rings. The summed E-state index contributed by atoms with van der Waals surface area (Å²) in [5.41, 5.74) is 2.20. The highest BCUT2D eigenvalue weighted by molar-refractivity contribution is 14.0. The molecule has 0 fully saturated rings. The molecule has 94 valence electrons. The van der Waals surface area contributed by atoms with Crippen LogP contribution in [0, 0.1) is 6.92 Å². The van der Waals surface area contributed by atoms with E-state index in [1.807, 2.05) is 19.1 Å². The van der Waals surface area contributed by atoms with Crippen molar-refractivity contribution < 1.29 is 0 Å². The van der Waals surface area contributed by atoms with Crippen molar-refractivity contribution in [2.24, 2.45) is 4.99 Å². The van der Waals surface area contributed by atoms with Gasteiger partial charge in [-0.15, -0.1) is 24.0 Å². The van der Waals surface area contributed by atoms with Crippen LogP contribution in [0.1, 0.15) is 17.8 Å². The Morgan fingerprint density at radius 2 is 2.29 bits per heavy atom. The molecule has 2 heterocycles. The van der Waals surface area contributed by atoms with Crippen LogP contribution in [-0.2, 0) is 6.42 Å². The van der Waals surface area contributed by atoms with Crippen molar-refractivity contribution in [3.05, 3.63) is 29.6 Å². The van der Waals surface area contributed by atoms with Gasteiger partial charge in [-0.3, -0.25) is 9.98 Å². The smallest absolute Gasteiger partial charge is 0.191 e. The van der Waals surface area contributed by atoms with E-state index in [0.717, 1.165) is 49.8 Å². The molecule has 0 saturated heterocycles. The van der Waals surface area contributed by atoms with Crippen molar-refractivity contribution >= 4 is 29.9 Å². The van der Waals surface area contributed by atoms with Crippen LogP contribution in [0.25, 0.3) is 0 Å². The number of guanidine groups is 1. The fourth-order valence-corrected chi connectivity index (χ4v) is 1.70. The molecule has 0 saturated carbocycles. The third-order valence-electron chi connectivity index (χ3n) is 2.52. The Hall–Kier alpha value is -0.850. The number of pyridine rings is 1. The van der Waals surface area contributed by atoms with E-state index in [0.29, 0.717) is 0 Å². The maximum atomic E-state index is 4.46. The van der Waals surface area contributed by atoms with Gasteiger partial charge in [-0.2, -0.15) is 0 Å². The molecular weight excluding hydrogens is 327 g/mol. The molecule has 0 bridgehead atoms. The Morgan fingerprint density at radius 1 is 1.41 bits per heavy atom. The summed E-state index contributed by atoms with van der Waals surface area (Å²) in [4.78, 5) is 8.81. The normalized spacial score (nSPS) is 14.3. The molecular formula is C12H19IN4. The number of hydrogen-bond acceptors (Lipinski definition) is 4. The Kier molecular flexibility index (Phi) is 6.25. The SMILES string of the molecule is Cc1cccc(CCNC2=NCCCN2)n1.I. The van der Waals surface area contributed by atoms with E-state index in [2.05, 4.69) is 26.7 Å².